The molecule has 0 bridgehead atoms. The first-order valence-corrected chi connectivity index (χ1v) is 6.31. The zero-order valence-electron chi connectivity index (χ0n) is 8.43. The normalized spacial score (nSPS) is 20.5. The van der Waals surface area contributed by atoms with E-state index in [9.17, 15) is 8.42 Å². The average molecular weight is 227 g/mol. The van der Waals surface area contributed by atoms with E-state index in [1.165, 1.54) is 7.05 Å². The maximum atomic E-state index is 11.6. The third-order valence-corrected chi connectivity index (χ3v) is 4.32. The van der Waals surface area contributed by atoms with Crippen molar-refractivity contribution < 1.29 is 13.2 Å². The number of fused-ring (bicyclic) bond motifs is 1. The van der Waals surface area contributed by atoms with Crippen LogP contribution in [0.5, 0.6) is 5.75 Å². The van der Waals surface area contributed by atoms with Gasteiger partial charge >= 0.3 is 0 Å². The maximum Gasteiger partial charge on any atom is 0.217 e. The topological polar surface area (TPSA) is 55.4 Å². The van der Waals surface area contributed by atoms with Crippen LogP contribution < -0.4 is 9.46 Å². The minimum atomic E-state index is -3.24. The van der Waals surface area contributed by atoms with Crippen molar-refractivity contribution in [2.45, 2.75) is 11.7 Å². The molecular weight excluding hydrogens is 214 g/mol. The van der Waals surface area contributed by atoms with Gasteiger partial charge in [0.1, 0.15) is 17.6 Å². The van der Waals surface area contributed by atoms with Crippen LogP contribution in [0, 0.1) is 0 Å². The third kappa shape index (κ3) is 1.98. The summed E-state index contributed by atoms with van der Waals surface area (Å²) < 4.78 is 30.9. The van der Waals surface area contributed by atoms with Crippen molar-refractivity contribution in [3.8, 4) is 5.75 Å². The lowest BCUT2D eigenvalue weighted by molar-refractivity contribution is 0.288. The van der Waals surface area contributed by atoms with Crippen molar-refractivity contribution in [2.24, 2.45) is 0 Å². The Balaban J connectivity index is 2.27. The van der Waals surface area contributed by atoms with Crippen LogP contribution in [0.4, 0.5) is 0 Å². The molecule has 5 heteroatoms. The van der Waals surface area contributed by atoms with Gasteiger partial charge in [-0.15, -0.1) is 0 Å². The molecule has 0 aliphatic carbocycles. The Morgan fingerprint density at radius 3 is 2.87 bits per heavy atom. The monoisotopic (exact) mass is 227 g/mol. The molecule has 15 heavy (non-hydrogen) atoms. The highest BCUT2D eigenvalue weighted by Gasteiger charge is 2.29. The lowest BCUT2D eigenvalue weighted by Gasteiger charge is -2.24. The molecule has 1 heterocycles. The molecule has 0 saturated carbocycles. The van der Waals surface area contributed by atoms with E-state index in [4.69, 9.17) is 4.74 Å². The van der Waals surface area contributed by atoms with Crippen LogP contribution in [0.1, 0.15) is 5.56 Å². The van der Waals surface area contributed by atoms with Crippen molar-refractivity contribution in [3.05, 3.63) is 29.8 Å². The van der Waals surface area contributed by atoms with Gasteiger partial charge in [0, 0.05) is 0 Å². The highest BCUT2D eigenvalue weighted by molar-refractivity contribution is 7.90. The van der Waals surface area contributed by atoms with Crippen LogP contribution >= 0.6 is 0 Å². The predicted molar refractivity (Wildman–Crippen MR) is 57.4 cm³/mol. The fraction of sp³-hybridized carbons (Fsp3) is 0.400. The van der Waals surface area contributed by atoms with Gasteiger partial charge in [-0.25, -0.2) is 13.1 Å². The fourth-order valence-corrected chi connectivity index (χ4v) is 2.65. The Morgan fingerprint density at radius 1 is 1.40 bits per heavy atom. The van der Waals surface area contributed by atoms with Crippen LogP contribution in [-0.2, 0) is 16.4 Å². The number of rotatable bonds is 2. The van der Waals surface area contributed by atoms with Crippen molar-refractivity contribution >= 4 is 10.0 Å². The molecule has 1 N–H and O–H groups in total. The van der Waals surface area contributed by atoms with Crippen molar-refractivity contribution in [2.75, 3.05) is 13.7 Å². The van der Waals surface area contributed by atoms with E-state index in [1.54, 1.807) is 0 Å². The number of ether oxygens (including phenoxy) is 1. The molecule has 2 rings (SSSR count). The second-order valence-corrected chi connectivity index (χ2v) is 5.66. The van der Waals surface area contributed by atoms with Gasteiger partial charge in [0.05, 0.1) is 0 Å². The Hall–Kier alpha value is -1.07. The lowest BCUT2D eigenvalue weighted by Crippen LogP contribution is -2.39. The quantitative estimate of drug-likeness (QED) is 0.802. The Morgan fingerprint density at radius 2 is 2.13 bits per heavy atom. The molecule has 0 saturated heterocycles. The molecule has 82 valence electrons. The molecule has 1 aliphatic rings. The van der Waals surface area contributed by atoms with E-state index >= 15 is 0 Å². The predicted octanol–water partition coefficient (Wildman–Crippen LogP) is 0.539. The smallest absolute Gasteiger partial charge is 0.217 e. The molecule has 0 spiro atoms. The van der Waals surface area contributed by atoms with Crippen molar-refractivity contribution in [3.63, 3.8) is 0 Å². The van der Waals surface area contributed by atoms with E-state index < -0.39 is 15.3 Å². The molecule has 1 atom stereocenters. The van der Waals surface area contributed by atoms with Crippen LogP contribution in [0.15, 0.2) is 24.3 Å². The van der Waals surface area contributed by atoms with Crippen LogP contribution in [0.25, 0.3) is 0 Å². The van der Waals surface area contributed by atoms with Gasteiger partial charge in [-0.1, -0.05) is 18.2 Å². The summed E-state index contributed by atoms with van der Waals surface area (Å²) in [6.07, 6.45) is 0.513. The van der Waals surface area contributed by atoms with Gasteiger partial charge in [-0.3, -0.25) is 0 Å². The minimum Gasteiger partial charge on any atom is -0.492 e. The molecule has 0 radical (unpaired) electrons. The summed E-state index contributed by atoms with van der Waals surface area (Å²) in [6, 6.07) is 7.52. The number of hydrogen-bond donors (Lipinski definition) is 1. The van der Waals surface area contributed by atoms with E-state index in [0.717, 1.165) is 11.3 Å². The zero-order valence-corrected chi connectivity index (χ0v) is 9.25. The Labute approximate surface area is 89.3 Å². The molecule has 1 aromatic carbocycles. The number of hydrogen-bond acceptors (Lipinski definition) is 3. The van der Waals surface area contributed by atoms with Gasteiger partial charge < -0.3 is 4.74 Å². The molecule has 1 aromatic rings. The van der Waals surface area contributed by atoms with Crippen molar-refractivity contribution in [1.29, 1.82) is 0 Å². The second-order valence-electron chi connectivity index (χ2n) is 3.49. The second kappa shape index (κ2) is 3.83. The average Bonchev–Trinajstić information content (AvgIpc) is 2.28. The Kier molecular flexibility index (Phi) is 2.67. The van der Waals surface area contributed by atoms with E-state index in [2.05, 4.69) is 4.72 Å². The maximum absolute atomic E-state index is 11.6. The summed E-state index contributed by atoms with van der Waals surface area (Å²) in [6.45, 7) is 0.222. The summed E-state index contributed by atoms with van der Waals surface area (Å²) in [5.41, 5.74) is 0.951. The van der Waals surface area contributed by atoms with Gasteiger partial charge in [-0.2, -0.15) is 0 Å². The Bertz CT molecular complexity index is 455. The summed E-state index contributed by atoms with van der Waals surface area (Å²) in [4.78, 5) is 0. The summed E-state index contributed by atoms with van der Waals surface area (Å²) >= 11 is 0. The highest BCUT2D eigenvalue weighted by Crippen LogP contribution is 2.26. The summed E-state index contributed by atoms with van der Waals surface area (Å²) in [5, 5.41) is -0.489. The van der Waals surface area contributed by atoms with E-state index in [0.29, 0.717) is 6.42 Å². The van der Waals surface area contributed by atoms with Crippen LogP contribution in [0.2, 0.25) is 0 Å². The zero-order chi connectivity index (χ0) is 10.9. The first-order chi connectivity index (χ1) is 7.13. The first kappa shape index (κ1) is 10.4. The van der Waals surface area contributed by atoms with Gasteiger partial charge in [0.2, 0.25) is 10.0 Å². The molecule has 1 unspecified atom stereocenters. The number of benzene rings is 1. The fourth-order valence-electron chi connectivity index (χ4n) is 1.67. The minimum absolute atomic E-state index is 0.222. The standard InChI is InChI=1S/C10H13NO3S/c1-11-15(12,13)9-6-8-4-2-3-5-10(8)14-7-9/h2-5,9,11H,6-7H2,1H3. The summed E-state index contributed by atoms with van der Waals surface area (Å²) in [5.74, 6) is 0.792. The van der Waals surface area contributed by atoms with Gasteiger partial charge in [0.25, 0.3) is 0 Å². The van der Waals surface area contributed by atoms with Crippen molar-refractivity contribution in [1.82, 2.24) is 4.72 Å². The van der Waals surface area contributed by atoms with E-state index in [1.807, 2.05) is 24.3 Å². The molecule has 0 aromatic heterocycles. The molecule has 0 fully saturated rings. The number of nitrogens with one attached hydrogen (secondary N) is 1. The van der Waals surface area contributed by atoms with Gasteiger partial charge in [0.15, 0.2) is 0 Å². The van der Waals surface area contributed by atoms with E-state index in [-0.39, 0.29) is 6.61 Å². The van der Waals surface area contributed by atoms with Crippen LogP contribution in [-0.4, -0.2) is 27.3 Å². The summed E-state index contributed by atoms with van der Waals surface area (Å²) in [7, 11) is -1.81. The molecule has 0 amide bonds. The molecule has 4 nitrogen and oxygen atoms in total. The number of para-hydroxylation sites is 1. The SMILES string of the molecule is CNS(=O)(=O)C1COc2ccccc2C1. The largest absolute Gasteiger partial charge is 0.492 e. The third-order valence-electron chi connectivity index (χ3n) is 2.57. The lowest BCUT2D eigenvalue weighted by atomic mass is 10.1. The highest BCUT2D eigenvalue weighted by atomic mass is 32.2. The number of sulfonamides is 1. The van der Waals surface area contributed by atoms with Crippen LogP contribution in [0.3, 0.4) is 0 Å². The molecular formula is C10H13NO3S. The molecule has 1 aliphatic heterocycles. The van der Waals surface area contributed by atoms with Gasteiger partial charge in [-0.05, 0) is 25.1 Å². The first-order valence-electron chi connectivity index (χ1n) is 4.76.